The van der Waals surface area contributed by atoms with Gasteiger partial charge in [-0.1, -0.05) is 41.5 Å². The number of nitrogens with zero attached hydrogens (tertiary/aromatic N) is 1. The zero-order valence-corrected chi connectivity index (χ0v) is 22.8. The first-order valence-corrected chi connectivity index (χ1v) is 13.5. The van der Waals surface area contributed by atoms with Crippen molar-refractivity contribution in [1.29, 1.82) is 0 Å². The van der Waals surface area contributed by atoms with Crippen LogP contribution < -0.4 is 9.04 Å². The van der Waals surface area contributed by atoms with Crippen molar-refractivity contribution in [2.24, 2.45) is 0 Å². The average Bonchev–Trinajstić information content (AvgIpc) is 2.88. The molecule has 4 aromatic carbocycles. The molecule has 0 N–H and O–H groups in total. The highest BCUT2D eigenvalue weighted by molar-refractivity contribution is 7.93. The van der Waals surface area contributed by atoms with Crippen LogP contribution in [0.25, 0.3) is 0 Å². The number of amides is 1. The number of esters is 1. The maximum atomic E-state index is 14.0. The molecular formula is C31H29NO5S. The molecule has 0 atom stereocenters. The molecule has 0 aliphatic heterocycles. The number of carbonyl (C=O) groups excluding carboxylic acids is 2. The molecule has 1 amide bonds. The van der Waals surface area contributed by atoms with Crippen LogP contribution in [0.1, 0.15) is 48.5 Å². The summed E-state index contributed by atoms with van der Waals surface area (Å²) < 4.78 is 34.3. The van der Waals surface area contributed by atoms with Gasteiger partial charge >= 0.3 is 5.97 Å². The molecule has 0 aliphatic rings. The van der Waals surface area contributed by atoms with E-state index in [-0.39, 0.29) is 21.9 Å². The maximum Gasteiger partial charge on any atom is 0.343 e. The Morgan fingerprint density at radius 3 is 1.68 bits per heavy atom. The van der Waals surface area contributed by atoms with Gasteiger partial charge in [0.25, 0.3) is 15.9 Å². The molecule has 6 nitrogen and oxygen atoms in total. The van der Waals surface area contributed by atoms with Gasteiger partial charge in [-0.3, -0.25) is 4.79 Å². The normalized spacial score (nSPS) is 11.2. The van der Waals surface area contributed by atoms with Crippen molar-refractivity contribution in [3.8, 4) is 5.75 Å². The second-order valence-corrected chi connectivity index (χ2v) is 11.1. The highest BCUT2D eigenvalue weighted by Gasteiger charge is 2.33. The first-order valence-electron chi connectivity index (χ1n) is 12.1. The Morgan fingerprint density at radius 2 is 1.13 bits per heavy atom. The van der Waals surface area contributed by atoms with Gasteiger partial charge in [0.2, 0.25) is 0 Å². The van der Waals surface area contributed by atoms with Crippen LogP contribution in [-0.4, -0.2) is 20.3 Å². The van der Waals surface area contributed by atoms with Crippen molar-refractivity contribution in [2.45, 2.75) is 39.5 Å². The summed E-state index contributed by atoms with van der Waals surface area (Å²) >= 11 is 0. The van der Waals surface area contributed by atoms with Gasteiger partial charge in [0, 0.05) is 5.56 Å². The van der Waals surface area contributed by atoms with Crippen LogP contribution >= 0.6 is 0 Å². The van der Waals surface area contributed by atoms with Crippen molar-refractivity contribution in [1.82, 2.24) is 0 Å². The molecular weight excluding hydrogens is 498 g/mol. The van der Waals surface area contributed by atoms with Crippen LogP contribution in [0, 0.1) is 34.6 Å². The number of sulfonamides is 1. The number of ether oxygens (including phenoxy) is 1. The number of aryl methyl sites for hydroxylation is 5. The Kier molecular flexibility index (Phi) is 7.51. The lowest BCUT2D eigenvalue weighted by Gasteiger charge is -2.24. The highest BCUT2D eigenvalue weighted by Crippen LogP contribution is 2.31. The van der Waals surface area contributed by atoms with E-state index in [4.69, 9.17) is 4.74 Å². The molecule has 0 radical (unpaired) electrons. The summed E-state index contributed by atoms with van der Waals surface area (Å²) in [6.07, 6.45) is 0. The van der Waals surface area contributed by atoms with E-state index < -0.39 is 21.9 Å². The fourth-order valence-corrected chi connectivity index (χ4v) is 5.71. The van der Waals surface area contributed by atoms with Gasteiger partial charge < -0.3 is 4.74 Å². The summed E-state index contributed by atoms with van der Waals surface area (Å²) in [5.74, 6) is -1.00. The van der Waals surface area contributed by atoms with Crippen LogP contribution in [0.2, 0.25) is 0 Å². The molecule has 0 unspecified atom stereocenters. The lowest BCUT2D eigenvalue weighted by Crippen LogP contribution is -2.37. The molecule has 0 heterocycles. The van der Waals surface area contributed by atoms with Crippen LogP contribution in [0.3, 0.4) is 0 Å². The molecule has 0 aliphatic carbocycles. The van der Waals surface area contributed by atoms with Gasteiger partial charge in [-0.2, -0.15) is 4.31 Å². The number of anilines is 1. The number of hydrogen-bond donors (Lipinski definition) is 0. The van der Waals surface area contributed by atoms with Gasteiger partial charge in [-0.05, 0) is 106 Å². The standard InChI is InChI=1S/C31H29NO5S/c1-20-6-10-25(11-7-20)30(33)32(38(35,36)29-19-23(4)22(3)18-24(29)5)27-14-16-28(17-15-27)37-31(34)26-12-8-21(2)9-13-26/h6-19H,1-5H3. The van der Waals surface area contributed by atoms with Crippen LogP contribution in [-0.2, 0) is 10.0 Å². The molecule has 38 heavy (non-hydrogen) atoms. The van der Waals surface area contributed by atoms with Crippen molar-refractivity contribution < 1.29 is 22.7 Å². The summed E-state index contributed by atoms with van der Waals surface area (Å²) in [7, 11) is -4.29. The van der Waals surface area contributed by atoms with Crippen LogP contribution in [0.5, 0.6) is 5.75 Å². The summed E-state index contributed by atoms with van der Waals surface area (Å²) in [6.45, 7) is 9.26. The van der Waals surface area contributed by atoms with Crippen LogP contribution in [0.15, 0.2) is 89.8 Å². The largest absolute Gasteiger partial charge is 0.423 e. The minimum atomic E-state index is -4.29. The highest BCUT2D eigenvalue weighted by atomic mass is 32.2. The summed E-state index contributed by atoms with van der Waals surface area (Å²) in [4.78, 5) is 26.3. The van der Waals surface area contributed by atoms with Gasteiger partial charge in [0.05, 0.1) is 16.1 Å². The predicted octanol–water partition coefficient (Wildman–Crippen LogP) is 6.48. The second kappa shape index (κ2) is 10.6. The maximum absolute atomic E-state index is 14.0. The second-order valence-electron chi connectivity index (χ2n) is 9.39. The molecule has 4 rings (SSSR count). The lowest BCUT2D eigenvalue weighted by molar-refractivity contribution is 0.0734. The van der Waals surface area contributed by atoms with Crippen molar-refractivity contribution >= 4 is 27.6 Å². The van der Waals surface area contributed by atoms with Crippen molar-refractivity contribution in [3.63, 3.8) is 0 Å². The Labute approximate surface area is 223 Å². The van der Waals surface area contributed by atoms with Crippen molar-refractivity contribution in [2.75, 3.05) is 4.31 Å². The molecule has 0 aromatic heterocycles. The van der Waals surface area contributed by atoms with E-state index >= 15 is 0 Å². The van der Waals surface area contributed by atoms with Gasteiger partial charge in [0.15, 0.2) is 0 Å². The first-order chi connectivity index (χ1) is 18.0. The van der Waals surface area contributed by atoms with Crippen LogP contribution in [0.4, 0.5) is 5.69 Å². The molecule has 0 spiro atoms. The number of carbonyl (C=O) groups is 2. The SMILES string of the molecule is Cc1ccc(C(=O)Oc2ccc(N(C(=O)c3ccc(C)cc3)S(=O)(=O)c3cc(C)c(C)cc3C)cc2)cc1. The van der Waals surface area contributed by atoms with E-state index in [9.17, 15) is 18.0 Å². The van der Waals surface area contributed by atoms with Crippen molar-refractivity contribution in [3.05, 3.63) is 124 Å². The van der Waals surface area contributed by atoms with E-state index in [0.717, 1.165) is 26.6 Å². The summed E-state index contributed by atoms with van der Waals surface area (Å²) in [6, 6.07) is 22.9. The van der Waals surface area contributed by atoms with E-state index in [0.29, 0.717) is 11.1 Å². The quantitative estimate of drug-likeness (QED) is 0.212. The minimum Gasteiger partial charge on any atom is -0.423 e. The Balaban J connectivity index is 1.74. The van der Waals surface area contributed by atoms with Gasteiger partial charge in [-0.15, -0.1) is 0 Å². The van der Waals surface area contributed by atoms with E-state index in [1.807, 2.05) is 39.8 Å². The lowest BCUT2D eigenvalue weighted by atomic mass is 10.1. The molecule has 0 saturated carbocycles. The summed E-state index contributed by atoms with van der Waals surface area (Å²) in [5.41, 5.74) is 5.01. The molecule has 0 fully saturated rings. The van der Waals surface area contributed by atoms with E-state index in [1.165, 1.54) is 24.3 Å². The van der Waals surface area contributed by atoms with E-state index in [2.05, 4.69) is 0 Å². The first kappa shape index (κ1) is 26.8. The molecule has 7 heteroatoms. The number of hydrogen-bond acceptors (Lipinski definition) is 5. The molecule has 4 aromatic rings. The van der Waals surface area contributed by atoms with Gasteiger partial charge in [0.1, 0.15) is 5.75 Å². The zero-order chi connectivity index (χ0) is 27.6. The molecule has 0 bridgehead atoms. The number of rotatable bonds is 6. The smallest absolute Gasteiger partial charge is 0.343 e. The molecule has 194 valence electrons. The third-order valence-electron chi connectivity index (χ3n) is 6.36. The topological polar surface area (TPSA) is 80.8 Å². The minimum absolute atomic E-state index is 0.0518. The Bertz CT molecular complexity index is 1610. The predicted molar refractivity (Wildman–Crippen MR) is 148 cm³/mol. The third kappa shape index (κ3) is 5.53. The number of benzene rings is 4. The zero-order valence-electron chi connectivity index (χ0n) is 22.0. The Morgan fingerprint density at radius 1 is 0.632 bits per heavy atom. The average molecular weight is 528 g/mol. The summed E-state index contributed by atoms with van der Waals surface area (Å²) in [5, 5.41) is 0. The van der Waals surface area contributed by atoms with E-state index in [1.54, 1.807) is 55.5 Å². The third-order valence-corrected chi connectivity index (χ3v) is 8.21. The van der Waals surface area contributed by atoms with Gasteiger partial charge in [-0.25, -0.2) is 13.2 Å². The fourth-order valence-electron chi connectivity index (χ4n) is 3.99. The monoisotopic (exact) mass is 527 g/mol. The molecule has 0 saturated heterocycles. The fraction of sp³-hybridized carbons (Fsp3) is 0.161. The Hall–Kier alpha value is -4.23.